The second kappa shape index (κ2) is 10.5. The Morgan fingerprint density at radius 3 is 2.38 bits per heavy atom. The van der Waals surface area contributed by atoms with Crippen molar-refractivity contribution in [2.75, 3.05) is 0 Å². The van der Waals surface area contributed by atoms with Crippen LogP contribution in [0.4, 0.5) is 18.0 Å². The number of alkyl halides is 3. The van der Waals surface area contributed by atoms with Crippen molar-refractivity contribution in [2.45, 2.75) is 57.5 Å². The summed E-state index contributed by atoms with van der Waals surface area (Å²) in [5.74, 6) is -0.548. The van der Waals surface area contributed by atoms with Crippen molar-refractivity contribution in [1.29, 1.82) is 0 Å². The molecule has 0 fully saturated rings. The van der Waals surface area contributed by atoms with Crippen molar-refractivity contribution in [3.8, 4) is 5.75 Å². The maximum Gasteiger partial charge on any atom is 0.419 e. The monoisotopic (exact) mass is 581 g/mol. The molecular weight excluding hydrogens is 555 g/mol. The van der Waals surface area contributed by atoms with Crippen LogP contribution in [0, 0.1) is 6.92 Å². The number of amides is 1. The van der Waals surface area contributed by atoms with Gasteiger partial charge in [-0.05, 0) is 52.0 Å². The summed E-state index contributed by atoms with van der Waals surface area (Å²) in [7, 11) is -4.30. The minimum Gasteiger partial charge on any atom is -0.487 e. The number of aryl methyl sites for hydroxylation is 1. The van der Waals surface area contributed by atoms with Crippen molar-refractivity contribution < 1.29 is 35.9 Å². The molecule has 2 aromatic heterocycles. The molecule has 0 aliphatic carbocycles. The first-order valence-corrected chi connectivity index (χ1v) is 14.1. The van der Waals surface area contributed by atoms with Crippen LogP contribution in [0.15, 0.2) is 58.3 Å². The largest absolute Gasteiger partial charge is 0.487 e. The van der Waals surface area contributed by atoms with Crippen LogP contribution >= 0.6 is 11.3 Å². The fraction of sp³-hybridized carbons (Fsp3) is 0.308. The Balaban J connectivity index is 1.86. The third-order valence-electron chi connectivity index (χ3n) is 5.47. The Kier molecular flexibility index (Phi) is 7.68. The highest BCUT2D eigenvalue weighted by atomic mass is 32.2. The van der Waals surface area contributed by atoms with Gasteiger partial charge in [-0.1, -0.05) is 17.7 Å². The molecule has 0 bridgehead atoms. The highest BCUT2D eigenvalue weighted by Crippen LogP contribution is 2.40. The van der Waals surface area contributed by atoms with Crippen LogP contribution in [-0.4, -0.2) is 29.1 Å². The number of alkyl carbamates (subject to hydrolysis) is 1. The van der Waals surface area contributed by atoms with Gasteiger partial charge in [-0.25, -0.2) is 22.2 Å². The molecule has 13 heteroatoms. The van der Waals surface area contributed by atoms with Gasteiger partial charge in [-0.15, -0.1) is 11.3 Å². The third kappa shape index (κ3) is 6.53. The van der Waals surface area contributed by atoms with E-state index in [0.717, 1.165) is 21.7 Å². The number of hydrogen-bond donors (Lipinski definition) is 1. The summed E-state index contributed by atoms with van der Waals surface area (Å²) in [4.78, 5) is 16.2. The van der Waals surface area contributed by atoms with Gasteiger partial charge >= 0.3 is 12.3 Å². The lowest BCUT2D eigenvalue weighted by atomic mass is 10.1. The van der Waals surface area contributed by atoms with E-state index in [9.17, 15) is 26.4 Å². The minimum atomic E-state index is -4.78. The van der Waals surface area contributed by atoms with Gasteiger partial charge in [0.1, 0.15) is 18.0 Å². The van der Waals surface area contributed by atoms with E-state index in [2.05, 4.69) is 10.3 Å². The van der Waals surface area contributed by atoms with Crippen LogP contribution in [0.25, 0.3) is 10.9 Å². The van der Waals surface area contributed by atoms with Crippen LogP contribution in [0.2, 0.25) is 0 Å². The molecule has 0 radical (unpaired) electrons. The van der Waals surface area contributed by atoms with Crippen molar-refractivity contribution in [2.24, 2.45) is 0 Å². The molecule has 0 spiro atoms. The smallest absolute Gasteiger partial charge is 0.419 e. The highest BCUT2D eigenvalue weighted by molar-refractivity contribution is 7.90. The quantitative estimate of drug-likeness (QED) is 0.276. The zero-order valence-electron chi connectivity index (χ0n) is 21.5. The zero-order chi connectivity index (χ0) is 28.6. The number of halogens is 3. The number of thiazole rings is 1. The van der Waals surface area contributed by atoms with E-state index < -0.39 is 39.2 Å². The minimum absolute atomic E-state index is 0.00000810. The fourth-order valence-corrected chi connectivity index (χ4v) is 5.85. The van der Waals surface area contributed by atoms with Crippen molar-refractivity contribution in [1.82, 2.24) is 14.3 Å². The summed E-state index contributed by atoms with van der Waals surface area (Å²) in [6.45, 7) is 6.22. The van der Waals surface area contributed by atoms with Gasteiger partial charge in [0.15, 0.2) is 0 Å². The highest BCUT2D eigenvalue weighted by Gasteiger charge is 2.36. The molecule has 0 saturated heterocycles. The molecule has 8 nitrogen and oxygen atoms in total. The number of ether oxygens (including phenoxy) is 2. The number of carbonyl (C=O) groups is 1. The summed E-state index contributed by atoms with van der Waals surface area (Å²) in [6.07, 6.45) is -5.59. The van der Waals surface area contributed by atoms with Gasteiger partial charge in [0.05, 0.1) is 39.4 Å². The molecular formula is C26H26F3N3O5S2. The first-order chi connectivity index (χ1) is 18.1. The molecule has 208 valence electrons. The summed E-state index contributed by atoms with van der Waals surface area (Å²) < 4.78 is 81.3. The average Bonchev–Trinajstić information content (AvgIpc) is 3.47. The summed E-state index contributed by atoms with van der Waals surface area (Å²) in [5, 5.41) is 4.12. The van der Waals surface area contributed by atoms with Crippen LogP contribution in [-0.2, 0) is 34.1 Å². The number of aromatic nitrogens is 2. The number of benzene rings is 2. The molecule has 2 aromatic carbocycles. The molecule has 0 aliphatic heterocycles. The molecule has 0 unspecified atom stereocenters. The molecule has 4 rings (SSSR count). The van der Waals surface area contributed by atoms with Gasteiger partial charge < -0.3 is 14.8 Å². The zero-order valence-corrected chi connectivity index (χ0v) is 23.1. The maximum atomic E-state index is 14.0. The maximum absolute atomic E-state index is 14.0. The predicted octanol–water partition coefficient (Wildman–Crippen LogP) is 6.27. The van der Waals surface area contributed by atoms with Crippen LogP contribution in [0.3, 0.4) is 0 Å². The lowest BCUT2D eigenvalue weighted by molar-refractivity contribution is -0.138. The van der Waals surface area contributed by atoms with E-state index in [1.807, 2.05) is 0 Å². The van der Waals surface area contributed by atoms with E-state index in [4.69, 9.17) is 9.47 Å². The van der Waals surface area contributed by atoms with Gasteiger partial charge in [0, 0.05) is 16.8 Å². The predicted molar refractivity (Wildman–Crippen MR) is 140 cm³/mol. The lowest BCUT2D eigenvalue weighted by Crippen LogP contribution is -2.33. The van der Waals surface area contributed by atoms with Gasteiger partial charge in [-0.2, -0.15) is 13.2 Å². The van der Waals surface area contributed by atoms with Crippen molar-refractivity contribution in [3.05, 3.63) is 75.9 Å². The van der Waals surface area contributed by atoms with Crippen molar-refractivity contribution in [3.63, 3.8) is 0 Å². The van der Waals surface area contributed by atoms with Crippen LogP contribution in [0.5, 0.6) is 5.75 Å². The Morgan fingerprint density at radius 2 is 1.79 bits per heavy atom. The number of carbonyl (C=O) groups excluding carboxylic acids is 1. The number of fused-ring (bicyclic) bond motifs is 1. The van der Waals surface area contributed by atoms with Gasteiger partial charge in [0.2, 0.25) is 0 Å². The third-order valence-corrected chi connectivity index (χ3v) is 7.88. The van der Waals surface area contributed by atoms with Gasteiger partial charge in [-0.3, -0.25) is 0 Å². The Bertz CT molecular complexity index is 1590. The van der Waals surface area contributed by atoms with Gasteiger partial charge in [0.25, 0.3) is 10.0 Å². The molecule has 4 aromatic rings. The van der Waals surface area contributed by atoms with Crippen molar-refractivity contribution >= 4 is 38.4 Å². The van der Waals surface area contributed by atoms with E-state index in [-0.39, 0.29) is 34.6 Å². The Morgan fingerprint density at radius 1 is 1.10 bits per heavy atom. The standard InChI is InChI=1S/C26H26F3N3O5S2/c1-16-5-7-20(8-6-16)39(34,35)32-19(12-30-24(33)37-25(2,3)4)9-17-10-21(26(27,28)29)23(11-22(17)32)36-13-18-14-38-15-31-18/h5-11,14-15H,12-13H2,1-4H3,(H,30,33). The second-order valence-corrected chi connectivity index (χ2v) is 12.3. The van der Waals surface area contributed by atoms with Crippen LogP contribution < -0.4 is 10.1 Å². The molecule has 0 saturated carbocycles. The van der Waals surface area contributed by atoms with E-state index in [0.29, 0.717) is 5.69 Å². The van der Waals surface area contributed by atoms with E-state index in [1.54, 1.807) is 45.2 Å². The molecule has 0 aliphatic rings. The molecule has 1 N–H and O–H groups in total. The van der Waals surface area contributed by atoms with E-state index >= 15 is 0 Å². The summed E-state index contributed by atoms with van der Waals surface area (Å²) in [5.41, 5.74) is 0.885. The number of hydrogen-bond acceptors (Lipinski definition) is 7. The fourth-order valence-electron chi connectivity index (χ4n) is 3.77. The number of nitrogens with one attached hydrogen (secondary N) is 1. The van der Waals surface area contributed by atoms with E-state index in [1.165, 1.54) is 35.0 Å². The molecule has 0 atom stereocenters. The molecule has 39 heavy (non-hydrogen) atoms. The first kappa shape index (κ1) is 28.4. The summed E-state index contributed by atoms with van der Waals surface area (Å²) in [6, 6.07) is 9.22. The first-order valence-electron chi connectivity index (χ1n) is 11.7. The Hall–Kier alpha value is -3.58. The average molecular weight is 582 g/mol. The second-order valence-electron chi connectivity index (χ2n) is 9.75. The number of nitrogens with zero attached hydrogens (tertiary/aromatic N) is 2. The lowest BCUT2D eigenvalue weighted by Gasteiger charge is -2.20. The Labute approximate surface area is 227 Å². The topological polar surface area (TPSA) is 99.5 Å². The molecule has 2 heterocycles. The number of rotatable bonds is 7. The SMILES string of the molecule is Cc1ccc(S(=O)(=O)n2c(CNC(=O)OC(C)(C)C)cc3cc(C(F)(F)F)c(OCc4cscn4)cc32)cc1. The summed E-state index contributed by atoms with van der Waals surface area (Å²) >= 11 is 1.26. The molecule has 1 amide bonds. The normalized spacial score (nSPS) is 12.5. The van der Waals surface area contributed by atoms with Crippen LogP contribution in [0.1, 0.15) is 43.3 Å².